The number of anilines is 1. The SMILES string of the molecule is COc1cccc(CCNCCC(=O)Nc2ccc3c(c2)OCO3)c1. The van der Waals surface area contributed by atoms with Gasteiger partial charge in [-0.2, -0.15) is 0 Å². The van der Waals surface area contributed by atoms with Crippen LogP contribution in [-0.4, -0.2) is 32.9 Å². The maximum Gasteiger partial charge on any atom is 0.231 e. The number of nitrogens with one attached hydrogen (secondary N) is 2. The van der Waals surface area contributed by atoms with Crippen LogP contribution in [0, 0.1) is 0 Å². The van der Waals surface area contributed by atoms with Gasteiger partial charge in [0.2, 0.25) is 12.7 Å². The van der Waals surface area contributed by atoms with Gasteiger partial charge in [-0.3, -0.25) is 4.79 Å². The standard InChI is InChI=1S/C19H22N2O4/c1-23-16-4-2-3-14(11-16)7-9-20-10-8-19(22)21-15-5-6-17-18(12-15)25-13-24-17/h2-6,11-12,20H,7-10,13H2,1H3,(H,21,22). The minimum atomic E-state index is -0.0345. The Kier molecular flexibility index (Phi) is 5.74. The lowest BCUT2D eigenvalue weighted by Gasteiger charge is -2.08. The van der Waals surface area contributed by atoms with Gasteiger partial charge in [0.1, 0.15) is 5.75 Å². The number of ether oxygens (including phenoxy) is 3. The van der Waals surface area contributed by atoms with Crippen molar-refractivity contribution in [3.8, 4) is 17.2 Å². The topological polar surface area (TPSA) is 68.8 Å². The summed E-state index contributed by atoms with van der Waals surface area (Å²) in [5.74, 6) is 2.19. The van der Waals surface area contributed by atoms with Crippen molar-refractivity contribution in [2.45, 2.75) is 12.8 Å². The highest BCUT2D eigenvalue weighted by atomic mass is 16.7. The Labute approximate surface area is 147 Å². The van der Waals surface area contributed by atoms with E-state index in [0.717, 1.165) is 18.7 Å². The molecule has 2 aromatic rings. The molecule has 1 amide bonds. The molecule has 0 radical (unpaired) electrons. The van der Waals surface area contributed by atoms with E-state index in [9.17, 15) is 4.79 Å². The van der Waals surface area contributed by atoms with Crippen LogP contribution in [0.25, 0.3) is 0 Å². The number of hydrogen-bond acceptors (Lipinski definition) is 5. The summed E-state index contributed by atoms with van der Waals surface area (Å²) in [6, 6.07) is 13.4. The molecule has 0 fully saturated rings. The summed E-state index contributed by atoms with van der Waals surface area (Å²) in [7, 11) is 1.66. The average molecular weight is 342 g/mol. The molecule has 0 unspecified atom stereocenters. The molecule has 0 atom stereocenters. The van der Waals surface area contributed by atoms with Crippen molar-refractivity contribution in [1.82, 2.24) is 5.32 Å². The first-order valence-corrected chi connectivity index (χ1v) is 8.28. The molecule has 1 aliphatic heterocycles. The molecule has 6 heteroatoms. The normalized spacial score (nSPS) is 12.0. The van der Waals surface area contributed by atoms with Crippen molar-refractivity contribution < 1.29 is 19.0 Å². The Morgan fingerprint density at radius 2 is 2.00 bits per heavy atom. The van der Waals surface area contributed by atoms with E-state index in [1.807, 2.05) is 24.3 Å². The van der Waals surface area contributed by atoms with Crippen molar-refractivity contribution in [2.24, 2.45) is 0 Å². The van der Waals surface area contributed by atoms with Crippen LogP contribution in [-0.2, 0) is 11.2 Å². The number of rotatable bonds is 8. The summed E-state index contributed by atoms with van der Waals surface area (Å²) in [5, 5.41) is 6.15. The first-order chi connectivity index (χ1) is 12.2. The number of fused-ring (bicyclic) bond motifs is 1. The Balaban J connectivity index is 1.35. The van der Waals surface area contributed by atoms with Gasteiger partial charge in [0, 0.05) is 24.7 Å². The van der Waals surface area contributed by atoms with Crippen LogP contribution >= 0.6 is 0 Å². The van der Waals surface area contributed by atoms with E-state index in [0.29, 0.717) is 30.2 Å². The number of hydrogen-bond donors (Lipinski definition) is 2. The van der Waals surface area contributed by atoms with Crippen molar-refractivity contribution in [3.05, 3.63) is 48.0 Å². The largest absolute Gasteiger partial charge is 0.497 e. The minimum Gasteiger partial charge on any atom is -0.497 e. The van der Waals surface area contributed by atoms with E-state index in [2.05, 4.69) is 16.7 Å². The monoisotopic (exact) mass is 342 g/mol. The molecule has 2 aromatic carbocycles. The van der Waals surface area contributed by atoms with Crippen LogP contribution in [0.1, 0.15) is 12.0 Å². The maximum atomic E-state index is 12.0. The molecule has 0 aromatic heterocycles. The molecule has 2 N–H and O–H groups in total. The summed E-state index contributed by atoms with van der Waals surface area (Å²) in [5.41, 5.74) is 1.92. The number of benzene rings is 2. The van der Waals surface area contributed by atoms with Crippen LogP contribution in [0.15, 0.2) is 42.5 Å². The second kappa shape index (κ2) is 8.39. The van der Waals surface area contributed by atoms with Crippen molar-refractivity contribution in [3.63, 3.8) is 0 Å². The molecular weight excluding hydrogens is 320 g/mol. The fraction of sp³-hybridized carbons (Fsp3) is 0.316. The third kappa shape index (κ3) is 4.87. The summed E-state index contributed by atoms with van der Waals surface area (Å²) < 4.78 is 15.8. The molecule has 0 spiro atoms. The van der Waals surface area contributed by atoms with E-state index >= 15 is 0 Å². The molecule has 25 heavy (non-hydrogen) atoms. The van der Waals surface area contributed by atoms with Crippen LogP contribution < -0.4 is 24.8 Å². The predicted octanol–water partition coefficient (Wildman–Crippen LogP) is 2.58. The summed E-state index contributed by atoms with van der Waals surface area (Å²) >= 11 is 0. The molecule has 0 aliphatic carbocycles. The highest BCUT2D eigenvalue weighted by Crippen LogP contribution is 2.34. The first-order valence-electron chi connectivity index (χ1n) is 8.28. The molecule has 0 saturated carbocycles. The molecule has 132 valence electrons. The molecule has 0 bridgehead atoms. The van der Waals surface area contributed by atoms with Gasteiger partial charge in [0.05, 0.1) is 7.11 Å². The summed E-state index contributed by atoms with van der Waals surface area (Å²) in [6.07, 6.45) is 1.30. The lowest BCUT2D eigenvalue weighted by atomic mass is 10.1. The van der Waals surface area contributed by atoms with Gasteiger partial charge >= 0.3 is 0 Å². The summed E-state index contributed by atoms with van der Waals surface area (Å²) in [6.45, 7) is 1.66. The van der Waals surface area contributed by atoms with Gasteiger partial charge in [-0.05, 0) is 42.8 Å². The van der Waals surface area contributed by atoms with Crippen molar-refractivity contribution >= 4 is 11.6 Å². The fourth-order valence-corrected chi connectivity index (χ4v) is 2.59. The molecule has 1 aliphatic rings. The minimum absolute atomic E-state index is 0.0345. The Hall–Kier alpha value is -2.73. The quantitative estimate of drug-likeness (QED) is 0.722. The van der Waals surface area contributed by atoms with Crippen LogP contribution in [0.3, 0.4) is 0 Å². The molecular formula is C19H22N2O4. The van der Waals surface area contributed by atoms with Gasteiger partial charge in [-0.25, -0.2) is 0 Å². The number of amides is 1. The highest BCUT2D eigenvalue weighted by molar-refractivity contribution is 5.91. The van der Waals surface area contributed by atoms with Crippen molar-refractivity contribution in [1.29, 1.82) is 0 Å². The lowest BCUT2D eigenvalue weighted by molar-refractivity contribution is -0.116. The predicted molar refractivity (Wildman–Crippen MR) is 95.4 cm³/mol. The van der Waals surface area contributed by atoms with Crippen molar-refractivity contribution in [2.75, 3.05) is 32.3 Å². The zero-order valence-corrected chi connectivity index (χ0v) is 14.2. The second-order valence-corrected chi connectivity index (χ2v) is 5.72. The Bertz CT molecular complexity index is 733. The van der Waals surface area contributed by atoms with Crippen LogP contribution in [0.4, 0.5) is 5.69 Å². The smallest absolute Gasteiger partial charge is 0.231 e. The van der Waals surface area contributed by atoms with E-state index in [1.54, 1.807) is 19.2 Å². The van der Waals surface area contributed by atoms with Crippen LogP contribution in [0.5, 0.6) is 17.2 Å². The Morgan fingerprint density at radius 3 is 2.88 bits per heavy atom. The summed E-state index contributed by atoms with van der Waals surface area (Å²) in [4.78, 5) is 12.0. The number of carbonyl (C=O) groups is 1. The molecule has 6 nitrogen and oxygen atoms in total. The van der Waals surface area contributed by atoms with Gasteiger partial charge in [0.25, 0.3) is 0 Å². The molecule has 0 saturated heterocycles. The highest BCUT2D eigenvalue weighted by Gasteiger charge is 2.13. The van der Waals surface area contributed by atoms with Gasteiger partial charge in [0.15, 0.2) is 11.5 Å². The van der Waals surface area contributed by atoms with Crippen LogP contribution in [0.2, 0.25) is 0 Å². The average Bonchev–Trinajstić information content (AvgIpc) is 3.09. The lowest BCUT2D eigenvalue weighted by Crippen LogP contribution is -2.23. The van der Waals surface area contributed by atoms with Gasteiger partial charge < -0.3 is 24.8 Å². The first kappa shape index (κ1) is 17.1. The van der Waals surface area contributed by atoms with E-state index in [4.69, 9.17) is 14.2 Å². The number of carbonyl (C=O) groups excluding carboxylic acids is 1. The second-order valence-electron chi connectivity index (χ2n) is 5.72. The molecule has 1 heterocycles. The van der Waals surface area contributed by atoms with E-state index < -0.39 is 0 Å². The van der Waals surface area contributed by atoms with Gasteiger partial charge in [-0.15, -0.1) is 0 Å². The molecule has 3 rings (SSSR count). The maximum absolute atomic E-state index is 12.0. The third-order valence-corrected chi connectivity index (χ3v) is 3.91. The Morgan fingerprint density at radius 1 is 1.12 bits per heavy atom. The number of methoxy groups -OCH3 is 1. The van der Waals surface area contributed by atoms with E-state index in [-0.39, 0.29) is 12.7 Å². The zero-order valence-electron chi connectivity index (χ0n) is 14.2. The fourth-order valence-electron chi connectivity index (χ4n) is 2.59. The third-order valence-electron chi connectivity index (χ3n) is 3.91. The van der Waals surface area contributed by atoms with E-state index in [1.165, 1.54) is 5.56 Å². The van der Waals surface area contributed by atoms with Gasteiger partial charge in [-0.1, -0.05) is 12.1 Å². The zero-order chi connectivity index (χ0) is 17.5.